The van der Waals surface area contributed by atoms with Crippen molar-refractivity contribution >= 4 is 23.4 Å². The van der Waals surface area contributed by atoms with Gasteiger partial charge in [0, 0.05) is 42.7 Å². The number of rotatable bonds is 8. The SMILES string of the molecule is CNC(=O)c1cc(COc2cnc(Nc3ccc(N4C=C(C)N[C@@H](C)C4)nc3)nc2)c(F)c(OC)c1. The fourth-order valence-electron chi connectivity index (χ4n) is 3.77. The average molecular weight is 494 g/mol. The summed E-state index contributed by atoms with van der Waals surface area (Å²) in [7, 11) is 2.83. The molecule has 1 aromatic carbocycles. The molecule has 0 fully saturated rings. The van der Waals surface area contributed by atoms with Crippen molar-refractivity contribution in [2.45, 2.75) is 26.5 Å². The number of amides is 1. The van der Waals surface area contributed by atoms with E-state index in [1.807, 2.05) is 25.3 Å². The first-order valence-corrected chi connectivity index (χ1v) is 11.3. The Kier molecular flexibility index (Phi) is 7.47. The van der Waals surface area contributed by atoms with E-state index in [-0.39, 0.29) is 29.4 Å². The van der Waals surface area contributed by atoms with Crippen LogP contribution in [-0.4, -0.2) is 47.6 Å². The summed E-state index contributed by atoms with van der Waals surface area (Å²) in [6.07, 6.45) is 6.71. The molecule has 4 rings (SSSR count). The number of benzene rings is 1. The number of methoxy groups -OCH3 is 1. The zero-order valence-corrected chi connectivity index (χ0v) is 20.5. The minimum Gasteiger partial charge on any atom is -0.494 e. The van der Waals surface area contributed by atoms with Crippen molar-refractivity contribution in [3.63, 3.8) is 0 Å². The van der Waals surface area contributed by atoms with Crippen LogP contribution in [0, 0.1) is 5.82 Å². The van der Waals surface area contributed by atoms with Crippen LogP contribution in [0.4, 0.5) is 21.8 Å². The second-order valence-corrected chi connectivity index (χ2v) is 8.30. The fourth-order valence-corrected chi connectivity index (χ4v) is 3.77. The topological polar surface area (TPSA) is 114 Å². The molecule has 3 aromatic rings. The molecule has 0 spiro atoms. The van der Waals surface area contributed by atoms with Crippen molar-refractivity contribution < 1.29 is 18.7 Å². The summed E-state index contributed by atoms with van der Waals surface area (Å²) in [5.74, 6) is 0.557. The van der Waals surface area contributed by atoms with E-state index in [1.165, 1.54) is 38.7 Å². The van der Waals surface area contributed by atoms with E-state index in [9.17, 15) is 9.18 Å². The third kappa shape index (κ3) is 5.80. The molecular weight excluding hydrogens is 465 g/mol. The summed E-state index contributed by atoms with van der Waals surface area (Å²) in [5, 5.41) is 8.98. The lowest BCUT2D eigenvalue weighted by Gasteiger charge is -2.30. The molecule has 2 aromatic heterocycles. The molecule has 0 aliphatic carbocycles. The van der Waals surface area contributed by atoms with Gasteiger partial charge in [-0.1, -0.05) is 0 Å². The Morgan fingerprint density at radius 1 is 1.22 bits per heavy atom. The standard InChI is InChI=1S/C25H28FN7O3/c1-15-12-33(13-16(2)31-15)22-6-5-19(9-28-22)32-25-29-10-20(11-30-25)36-14-18-7-17(24(34)27-3)8-21(35-4)23(18)26/h5-12,16,31H,13-14H2,1-4H3,(H,27,34)(H,29,30,32)/t16-/m0/s1. The van der Waals surface area contributed by atoms with Gasteiger partial charge >= 0.3 is 0 Å². The highest BCUT2D eigenvalue weighted by molar-refractivity contribution is 5.94. The molecule has 0 bridgehead atoms. The largest absolute Gasteiger partial charge is 0.494 e. The number of anilines is 3. The minimum atomic E-state index is -0.596. The van der Waals surface area contributed by atoms with Crippen LogP contribution in [0.3, 0.4) is 0 Å². The summed E-state index contributed by atoms with van der Waals surface area (Å²) in [6.45, 7) is 4.85. The predicted molar refractivity (Wildman–Crippen MR) is 134 cm³/mol. The lowest BCUT2D eigenvalue weighted by molar-refractivity contribution is 0.0962. The van der Waals surface area contributed by atoms with Crippen LogP contribution in [-0.2, 0) is 6.61 Å². The Bertz CT molecular complexity index is 1250. The van der Waals surface area contributed by atoms with Gasteiger partial charge in [-0.05, 0) is 38.1 Å². The van der Waals surface area contributed by atoms with Crippen LogP contribution in [0.2, 0.25) is 0 Å². The fraction of sp³-hybridized carbons (Fsp3) is 0.280. The summed E-state index contributed by atoms with van der Waals surface area (Å²) in [4.78, 5) is 27.1. The summed E-state index contributed by atoms with van der Waals surface area (Å²) in [6, 6.07) is 6.92. The van der Waals surface area contributed by atoms with Crippen molar-refractivity contribution in [1.29, 1.82) is 0 Å². The lowest BCUT2D eigenvalue weighted by Crippen LogP contribution is -2.41. The molecule has 3 heterocycles. The highest BCUT2D eigenvalue weighted by Crippen LogP contribution is 2.25. The molecule has 0 saturated heterocycles. The molecule has 1 aliphatic heterocycles. The molecule has 0 saturated carbocycles. The number of carbonyl (C=O) groups is 1. The molecule has 0 unspecified atom stereocenters. The van der Waals surface area contributed by atoms with Gasteiger partial charge < -0.3 is 30.3 Å². The monoisotopic (exact) mass is 493 g/mol. The van der Waals surface area contributed by atoms with Gasteiger partial charge in [0.1, 0.15) is 12.4 Å². The van der Waals surface area contributed by atoms with Crippen molar-refractivity contribution in [3.05, 3.63) is 71.7 Å². The normalized spacial score (nSPS) is 15.0. The van der Waals surface area contributed by atoms with Crippen molar-refractivity contribution in [1.82, 2.24) is 25.6 Å². The van der Waals surface area contributed by atoms with Crippen LogP contribution < -0.4 is 30.3 Å². The van der Waals surface area contributed by atoms with Crippen LogP contribution >= 0.6 is 0 Å². The van der Waals surface area contributed by atoms with E-state index in [0.29, 0.717) is 17.7 Å². The number of carbonyl (C=O) groups excluding carboxylic acids is 1. The van der Waals surface area contributed by atoms with E-state index in [2.05, 4.69) is 42.7 Å². The number of nitrogens with zero attached hydrogens (tertiary/aromatic N) is 4. The zero-order valence-electron chi connectivity index (χ0n) is 20.5. The molecule has 10 nitrogen and oxygen atoms in total. The van der Waals surface area contributed by atoms with Gasteiger partial charge in [-0.2, -0.15) is 0 Å². The Labute approximate surface area is 208 Å². The molecule has 1 aliphatic rings. The molecular formula is C25H28FN7O3. The lowest BCUT2D eigenvalue weighted by atomic mass is 10.1. The second kappa shape index (κ2) is 10.9. The van der Waals surface area contributed by atoms with E-state index in [0.717, 1.165) is 23.7 Å². The van der Waals surface area contributed by atoms with Gasteiger partial charge in [0.2, 0.25) is 5.95 Å². The minimum absolute atomic E-state index is 0.0391. The second-order valence-electron chi connectivity index (χ2n) is 8.30. The smallest absolute Gasteiger partial charge is 0.251 e. The van der Waals surface area contributed by atoms with Gasteiger partial charge in [-0.15, -0.1) is 0 Å². The number of aromatic nitrogens is 3. The molecule has 188 valence electrons. The first kappa shape index (κ1) is 24.7. The highest BCUT2D eigenvalue weighted by Gasteiger charge is 2.17. The van der Waals surface area contributed by atoms with Crippen LogP contribution in [0.5, 0.6) is 11.5 Å². The van der Waals surface area contributed by atoms with Gasteiger partial charge in [-0.3, -0.25) is 4.79 Å². The van der Waals surface area contributed by atoms with E-state index in [4.69, 9.17) is 9.47 Å². The maximum Gasteiger partial charge on any atom is 0.251 e. The number of hydrogen-bond donors (Lipinski definition) is 3. The molecule has 36 heavy (non-hydrogen) atoms. The Morgan fingerprint density at radius 3 is 2.64 bits per heavy atom. The van der Waals surface area contributed by atoms with Crippen molar-refractivity contribution in [2.24, 2.45) is 0 Å². The Balaban J connectivity index is 1.38. The number of hydrogen-bond acceptors (Lipinski definition) is 9. The molecule has 0 radical (unpaired) electrons. The molecule has 1 amide bonds. The van der Waals surface area contributed by atoms with Crippen molar-refractivity contribution in [2.75, 3.05) is 30.9 Å². The zero-order chi connectivity index (χ0) is 25.7. The third-order valence-electron chi connectivity index (χ3n) is 5.44. The maximum atomic E-state index is 14.6. The van der Waals surface area contributed by atoms with Gasteiger partial charge in [-0.25, -0.2) is 19.3 Å². The predicted octanol–water partition coefficient (Wildman–Crippen LogP) is 3.36. The van der Waals surface area contributed by atoms with Crippen LogP contribution in [0.25, 0.3) is 0 Å². The number of allylic oxidation sites excluding steroid dienone is 1. The summed E-state index contributed by atoms with van der Waals surface area (Å²) < 4.78 is 25.3. The highest BCUT2D eigenvalue weighted by atomic mass is 19.1. The van der Waals surface area contributed by atoms with Gasteiger partial charge in [0.15, 0.2) is 17.3 Å². The quantitative estimate of drug-likeness (QED) is 0.435. The summed E-state index contributed by atoms with van der Waals surface area (Å²) in [5.41, 5.74) is 2.26. The third-order valence-corrected chi connectivity index (χ3v) is 5.44. The number of halogens is 1. The first-order valence-electron chi connectivity index (χ1n) is 11.3. The van der Waals surface area contributed by atoms with Crippen LogP contribution in [0.1, 0.15) is 29.8 Å². The number of pyridine rings is 1. The van der Waals surface area contributed by atoms with E-state index in [1.54, 1.807) is 6.20 Å². The Morgan fingerprint density at radius 2 is 2.00 bits per heavy atom. The van der Waals surface area contributed by atoms with Gasteiger partial charge in [0.05, 0.1) is 31.4 Å². The Hall–Kier alpha value is -4.41. The molecule has 11 heteroatoms. The average Bonchev–Trinajstić information content (AvgIpc) is 2.88. The van der Waals surface area contributed by atoms with Gasteiger partial charge in [0.25, 0.3) is 5.91 Å². The molecule has 3 N–H and O–H groups in total. The van der Waals surface area contributed by atoms with E-state index < -0.39 is 5.82 Å². The first-order chi connectivity index (χ1) is 17.4. The maximum absolute atomic E-state index is 14.6. The molecule has 1 atom stereocenters. The van der Waals surface area contributed by atoms with E-state index >= 15 is 0 Å². The summed E-state index contributed by atoms with van der Waals surface area (Å²) >= 11 is 0. The van der Waals surface area contributed by atoms with Crippen molar-refractivity contribution in [3.8, 4) is 11.5 Å². The number of ether oxygens (including phenoxy) is 2. The van der Waals surface area contributed by atoms with Crippen LogP contribution in [0.15, 0.2) is 54.8 Å². The number of nitrogens with one attached hydrogen (secondary N) is 3.